The summed E-state index contributed by atoms with van der Waals surface area (Å²) >= 11 is 0. The molecule has 0 aromatic rings. The third kappa shape index (κ3) is 2.27. The molecule has 0 radical (unpaired) electrons. The smallest absolute Gasteiger partial charge is 0.0679 e. The van der Waals surface area contributed by atoms with Crippen molar-refractivity contribution < 1.29 is 5.11 Å². The first-order valence-electron chi connectivity index (χ1n) is 5.89. The Balaban J connectivity index is 1.78. The Hall–Kier alpha value is -0.120. The number of hydrogen-bond acceptors (Lipinski definition) is 3. The molecule has 1 aliphatic heterocycles. The van der Waals surface area contributed by atoms with Gasteiger partial charge in [0.1, 0.15) is 0 Å². The van der Waals surface area contributed by atoms with Gasteiger partial charge in [0.2, 0.25) is 0 Å². The van der Waals surface area contributed by atoms with Gasteiger partial charge in [0, 0.05) is 25.2 Å². The highest BCUT2D eigenvalue weighted by Crippen LogP contribution is 2.25. The lowest BCUT2D eigenvalue weighted by Crippen LogP contribution is -2.40. The highest BCUT2D eigenvalue weighted by Gasteiger charge is 2.29. The van der Waals surface area contributed by atoms with Gasteiger partial charge in [-0.1, -0.05) is 0 Å². The molecule has 0 amide bonds. The average molecular weight is 198 g/mol. The minimum atomic E-state index is -0.0583. The molecule has 1 saturated carbocycles. The first-order chi connectivity index (χ1) is 6.79. The van der Waals surface area contributed by atoms with E-state index >= 15 is 0 Å². The molecule has 2 fully saturated rings. The molecule has 0 unspecified atom stereocenters. The summed E-state index contributed by atoms with van der Waals surface area (Å²) in [6.45, 7) is 2.02. The lowest BCUT2D eigenvalue weighted by molar-refractivity contribution is 0.136. The number of β-amino-alcohol motifs (C(OH)–C–C–N with tert-alkyl or cyclic N) is 1. The molecule has 2 N–H and O–H groups in total. The van der Waals surface area contributed by atoms with E-state index in [1.807, 2.05) is 0 Å². The van der Waals surface area contributed by atoms with Gasteiger partial charge in [-0.2, -0.15) is 0 Å². The predicted molar refractivity (Wildman–Crippen MR) is 57.3 cm³/mol. The van der Waals surface area contributed by atoms with Gasteiger partial charge in [-0.15, -0.1) is 0 Å². The van der Waals surface area contributed by atoms with Crippen LogP contribution in [0, 0.1) is 0 Å². The average Bonchev–Trinajstić information content (AvgIpc) is 2.65. The van der Waals surface area contributed by atoms with Gasteiger partial charge in [0.05, 0.1) is 6.10 Å². The summed E-state index contributed by atoms with van der Waals surface area (Å²) in [6, 6.07) is 1.48. The van der Waals surface area contributed by atoms with Gasteiger partial charge >= 0.3 is 0 Å². The summed E-state index contributed by atoms with van der Waals surface area (Å²) in [5.74, 6) is 0. The zero-order valence-corrected chi connectivity index (χ0v) is 9.08. The summed E-state index contributed by atoms with van der Waals surface area (Å²) in [5, 5.41) is 12.8. The van der Waals surface area contributed by atoms with Crippen LogP contribution in [0.2, 0.25) is 0 Å². The van der Waals surface area contributed by atoms with Gasteiger partial charge < -0.3 is 10.4 Å². The minimum Gasteiger partial charge on any atom is -0.392 e. The minimum absolute atomic E-state index is 0.0583. The fourth-order valence-corrected chi connectivity index (χ4v) is 2.83. The normalized spacial score (nSPS) is 40.3. The van der Waals surface area contributed by atoms with E-state index in [-0.39, 0.29) is 6.10 Å². The molecule has 3 nitrogen and oxygen atoms in total. The second kappa shape index (κ2) is 4.60. The molecule has 0 spiro atoms. The third-order valence-corrected chi connectivity index (χ3v) is 3.82. The number of rotatable bonds is 2. The zero-order chi connectivity index (χ0) is 9.97. The maximum absolute atomic E-state index is 9.47. The topological polar surface area (TPSA) is 35.5 Å². The zero-order valence-electron chi connectivity index (χ0n) is 9.08. The fraction of sp³-hybridized carbons (Fsp3) is 1.00. The fourth-order valence-electron chi connectivity index (χ4n) is 2.83. The van der Waals surface area contributed by atoms with E-state index < -0.39 is 0 Å². The van der Waals surface area contributed by atoms with Crippen LogP contribution >= 0.6 is 0 Å². The molecule has 0 aromatic heterocycles. The second-order valence-electron chi connectivity index (χ2n) is 4.73. The van der Waals surface area contributed by atoms with Crippen molar-refractivity contribution in [2.75, 3.05) is 20.1 Å². The van der Waals surface area contributed by atoms with E-state index in [4.69, 9.17) is 0 Å². The Morgan fingerprint density at radius 2 is 1.86 bits per heavy atom. The Labute approximate surface area is 86.5 Å². The van der Waals surface area contributed by atoms with E-state index in [0.717, 1.165) is 31.6 Å². The van der Waals surface area contributed by atoms with Crippen LogP contribution in [0.25, 0.3) is 0 Å². The Kier molecular flexibility index (Phi) is 3.42. The van der Waals surface area contributed by atoms with Crippen molar-refractivity contribution in [3.63, 3.8) is 0 Å². The van der Waals surface area contributed by atoms with Crippen molar-refractivity contribution in [3.05, 3.63) is 0 Å². The molecule has 1 aliphatic carbocycles. The van der Waals surface area contributed by atoms with Crippen LogP contribution in [0.4, 0.5) is 0 Å². The Morgan fingerprint density at radius 3 is 2.36 bits per heavy atom. The highest BCUT2D eigenvalue weighted by molar-refractivity contribution is 4.86. The Morgan fingerprint density at radius 1 is 1.14 bits per heavy atom. The van der Waals surface area contributed by atoms with Crippen LogP contribution in [-0.4, -0.2) is 48.3 Å². The Bertz CT molecular complexity index is 178. The van der Waals surface area contributed by atoms with Gasteiger partial charge in [-0.25, -0.2) is 0 Å². The van der Waals surface area contributed by atoms with Crippen LogP contribution in [0.15, 0.2) is 0 Å². The maximum atomic E-state index is 9.47. The molecule has 1 heterocycles. The molecule has 82 valence electrons. The van der Waals surface area contributed by atoms with E-state index in [1.165, 1.54) is 25.7 Å². The van der Waals surface area contributed by atoms with Crippen molar-refractivity contribution in [3.8, 4) is 0 Å². The van der Waals surface area contributed by atoms with Crippen molar-refractivity contribution >= 4 is 0 Å². The van der Waals surface area contributed by atoms with Crippen LogP contribution in [0.5, 0.6) is 0 Å². The first-order valence-corrected chi connectivity index (χ1v) is 5.89. The lowest BCUT2D eigenvalue weighted by Gasteiger charge is -2.34. The van der Waals surface area contributed by atoms with E-state index in [2.05, 4.69) is 17.3 Å². The van der Waals surface area contributed by atoms with Crippen molar-refractivity contribution in [2.24, 2.45) is 0 Å². The lowest BCUT2D eigenvalue weighted by atomic mass is 9.90. The van der Waals surface area contributed by atoms with Gasteiger partial charge in [-0.3, -0.25) is 4.90 Å². The van der Waals surface area contributed by atoms with Crippen molar-refractivity contribution in [1.82, 2.24) is 10.2 Å². The van der Waals surface area contributed by atoms with E-state index in [9.17, 15) is 5.11 Å². The van der Waals surface area contributed by atoms with Crippen LogP contribution < -0.4 is 5.32 Å². The van der Waals surface area contributed by atoms with Gasteiger partial charge in [0.15, 0.2) is 0 Å². The molecule has 14 heavy (non-hydrogen) atoms. The third-order valence-electron chi connectivity index (χ3n) is 3.82. The van der Waals surface area contributed by atoms with Crippen LogP contribution in [0.1, 0.15) is 32.1 Å². The summed E-state index contributed by atoms with van der Waals surface area (Å²) < 4.78 is 0. The van der Waals surface area contributed by atoms with Crippen molar-refractivity contribution in [1.29, 1.82) is 0 Å². The van der Waals surface area contributed by atoms with Gasteiger partial charge in [0.25, 0.3) is 0 Å². The monoisotopic (exact) mass is 198 g/mol. The molecule has 2 rings (SSSR count). The largest absolute Gasteiger partial charge is 0.392 e. The summed E-state index contributed by atoms with van der Waals surface area (Å²) in [6.07, 6.45) is 6.13. The molecular formula is C11H22N2O. The van der Waals surface area contributed by atoms with E-state index in [1.54, 1.807) is 0 Å². The summed E-state index contributed by atoms with van der Waals surface area (Å²) in [4.78, 5) is 2.48. The predicted octanol–water partition coefficient (Wildman–Crippen LogP) is 0.584. The first kappa shape index (κ1) is 10.4. The summed E-state index contributed by atoms with van der Waals surface area (Å²) in [5.41, 5.74) is 0. The molecular weight excluding hydrogens is 176 g/mol. The number of aliphatic hydroxyl groups is 1. The van der Waals surface area contributed by atoms with E-state index in [0.29, 0.717) is 0 Å². The number of aliphatic hydroxyl groups excluding tert-OH is 1. The maximum Gasteiger partial charge on any atom is 0.0679 e. The molecule has 0 aromatic carbocycles. The van der Waals surface area contributed by atoms with Gasteiger partial charge in [-0.05, 0) is 39.2 Å². The quantitative estimate of drug-likeness (QED) is 0.681. The molecule has 3 heteroatoms. The molecule has 1 saturated heterocycles. The van der Waals surface area contributed by atoms with Crippen molar-refractivity contribution in [2.45, 2.75) is 50.3 Å². The van der Waals surface area contributed by atoms with Crippen LogP contribution in [-0.2, 0) is 0 Å². The number of hydrogen-bond donors (Lipinski definition) is 2. The van der Waals surface area contributed by atoms with Crippen LogP contribution in [0.3, 0.4) is 0 Å². The standard InChI is InChI=1S/C11H22N2O/c1-12-9-2-4-10(5-3-9)13-7-6-11(14)8-13/h9-12,14H,2-8H2,1H3/t9?,10?,11-/m1/s1. The summed E-state index contributed by atoms with van der Waals surface area (Å²) in [7, 11) is 2.06. The number of likely N-dealkylation sites (tertiary alicyclic amines) is 1. The number of nitrogens with one attached hydrogen (secondary N) is 1. The molecule has 1 atom stereocenters. The second-order valence-corrected chi connectivity index (χ2v) is 4.73. The molecule has 0 bridgehead atoms. The number of nitrogens with zero attached hydrogens (tertiary/aromatic N) is 1. The highest BCUT2D eigenvalue weighted by atomic mass is 16.3. The molecule has 2 aliphatic rings. The SMILES string of the molecule is CNC1CCC(N2CC[C@@H](O)C2)CC1.